The van der Waals surface area contributed by atoms with Gasteiger partial charge in [-0.3, -0.25) is 9.59 Å². The molecule has 7 atom stereocenters. The standard InChI is InChI=1S/C23H32O4/c1-13(2)27-21(26-5)22-9-6-7-14(3)17(22)12-19(24)23-10-8-16(11-18(22)23)15(4)20(23)25/h14,16-18,21H,1,4,6-12H2,2-3,5H3. The van der Waals surface area contributed by atoms with Crippen molar-refractivity contribution in [2.24, 2.45) is 34.5 Å². The Morgan fingerprint density at radius 2 is 2.00 bits per heavy atom. The molecule has 0 saturated heterocycles. The van der Waals surface area contributed by atoms with E-state index in [9.17, 15) is 9.59 Å². The van der Waals surface area contributed by atoms with Gasteiger partial charge in [-0.05, 0) is 61.9 Å². The molecule has 0 aromatic carbocycles. The van der Waals surface area contributed by atoms with Gasteiger partial charge in [-0.25, -0.2) is 0 Å². The predicted molar refractivity (Wildman–Crippen MR) is 103 cm³/mol. The SMILES string of the molecule is C=C(C)OC(OC)C12CCCC(C)C1CC(=O)C13CCC(CC12)C(=C)C3=O. The molecule has 5 aliphatic carbocycles. The van der Waals surface area contributed by atoms with Gasteiger partial charge in [0, 0.05) is 18.9 Å². The minimum atomic E-state index is -0.894. The van der Waals surface area contributed by atoms with E-state index in [-0.39, 0.29) is 34.7 Å². The van der Waals surface area contributed by atoms with Gasteiger partial charge in [0.2, 0.25) is 6.29 Å². The highest BCUT2D eigenvalue weighted by Crippen LogP contribution is 2.69. The maximum atomic E-state index is 13.5. The zero-order valence-electron chi connectivity index (χ0n) is 16.9. The van der Waals surface area contributed by atoms with E-state index in [0.717, 1.165) is 32.1 Å². The molecule has 148 valence electrons. The third-order valence-electron chi connectivity index (χ3n) is 8.35. The summed E-state index contributed by atoms with van der Waals surface area (Å²) in [5.41, 5.74) is -0.527. The number of Topliss-reactive ketones (excluding diaryl/α,β-unsaturated/α-hetero) is 2. The van der Waals surface area contributed by atoms with Crippen molar-refractivity contribution in [3.63, 3.8) is 0 Å². The van der Waals surface area contributed by atoms with E-state index in [4.69, 9.17) is 9.47 Å². The monoisotopic (exact) mass is 372 g/mol. The Bertz CT molecular complexity index is 709. The molecule has 0 N–H and O–H groups in total. The highest BCUT2D eigenvalue weighted by molar-refractivity contribution is 6.16. The second-order valence-corrected chi connectivity index (χ2v) is 9.45. The zero-order chi connectivity index (χ0) is 19.6. The summed E-state index contributed by atoms with van der Waals surface area (Å²) in [5, 5.41) is 0. The van der Waals surface area contributed by atoms with Crippen LogP contribution in [-0.4, -0.2) is 25.0 Å². The number of hydrogen-bond acceptors (Lipinski definition) is 4. The Morgan fingerprint density at radius 3 is 2.67 bits per heavy atom. The van der Waals surface area contributed by atoms with Gasteiger partial charge in [-0.15, -0.1) is 0 Å². The van der Waals surface area contributed by atoms with Crippen molar-refractivity contribution in [3.05, 3.63) is 24.5 Å². The molecule has 2 bridgehead atoms. The summed E-state index contributed by atoms with van der Waals surface area (Å²) in [5.74, 6) is 1.59. The molecule has 0 amide bonds. The summed E-state index contributed by atoms with van der Waals surface area (Å²) in [4.78, 5) is 26.8. The molecule has 0 radical (unpaired) electrons. The molecule has 1 spiro atoms. The molecular formula is C23H32O4. The lowest BCUT2D eigenvalue weighted by atomic mass is 9.37. The summed E-state index contributed by atoms with van der Waals surface area (Å²) in [6.45, 7) is 12.1. The van der Waals surface area contributed by atoms with Crippen LogP contribution in [0.1, 0.15) is 58.8 Å². The molecule has 0 aliphatic heterocycles. The Balaban J connectivity index is 1.89. The maximum Gasteiger partial charge on any atom is 0.205 e. The molecule has 5 rings (SSSR count). The van der Waals surface area contributed by atoms with Crippen LogP contribution in [0.25, 0.3) is 0 Å². The second kappa shape index (κ2) is 6.30. The smallest absolute Gasteiger partial charge is 0.205 e. The van der Waals surface area contributed by atoms with E-state index in [2.05, 4.69) is 20.1 Å². The second-order valence-electron chi connectivity index (χ2n) is 9.45. The minimum Gasteiger partial charge on any atom is -0.470 e. The van der Waals surface area contributed by atoms with Crippen molar-refractivity contribution in [2.75, 3.05) is 7.11 Å². The summed E-state index contributed by atoms with van der Waals surface area (Å²) < 4.78 is 12.1. The van der Waals surface area contributed by atoms with Crippen LogP contribution in [0.4, 0.5) is 0 Å². The number of methoxy groups -OCH3 is 1. The van der Waals surface area contributed by atoms with Crippen molar-refractivity contribution in [1.29, 1.82) is 0 Å². The fraction of sp³-hybridized carbons (Fsp3) is 0.739. The highest BCUT2D eigenvalue weighted by atomic mass is 16.7. The number of ketones is 2. The molecule has 7 unspecified atom stereocenters. The quantitative estimate of drug-likeness (QED) is 0.317. The maximum absolute atomic E-state index is 13.5. The van der Waals surface area contributed by atoms with E-state index < -0.39 is 11.7 Å². The molecule has 27 heavy (non-hydrogen) atoms. The van der Waals surface area contributed by atoms with Gasteiger partial charge in [0.1, 0.15) is 5.78 Å². The summed E-state index contributed by atoms with van der Waals surface area (Å²) in [6, 6.07) is 0. The molecule has 0 heterocycles. The van der Waals surface area contributed by atoms with Crippen molar-refractivity contribution >= 4 is 11.6 Å². The fourth-order valence-corrected chi connectivity index (χ4v) is 7.25. The number of allylic oxidation sites excluding steroid dienone is 2. The minimum absolute atomic E-state index is 0.0138. The van der Waals surface area contributed by atoms with Gasteiger partial charge in [0.25, 0.3) is 0 Å². The molecule has 0 aromatic rings. The summed E-state index contributed by atoms with van der Waals surface area (Å²) >= 11 is 0. The first-order chi connectivity index (χ1) is 12.8. The van der Waals surface area contributed by atoms with Crippen LogP contribution in [0, 0.1) is 34.5 Å². The highest BCUT2D eigenvalue weighted by Gasteiger charge is 2.72. The van der Waals surface area contributed by atoms with E-state index in [1.54, 1.807) is 7.11 Å². The first-order valence-electron chi connectivity index (χ1n) is 10.4. The Hall–Kier alpha value is -1.42. The largest absolute Gasteiger partial charge is 0.470 e. The van der Waals surface area contributed by atoms with Gasteiger partial charge in [0.05, 0.1) is 11.2 Å². The van der Waals surface area contributed by atoms with Gasteiger partial charge in [0.15, 0.2) is 5.78 Å². The Labute approximate surface area is 162 Å². The number of ether oxygens (including phenoxy) is 2. The average molecular weight is 373 g/mol. The van der Waals surface area contributed by atoms with Crippen LogP contribution in [0.2, 0.25) is 0 Å². The molecule has 4 heteroatoms. The summed E-state index contributed by atoms with van der Waals surface area (Å²) in [6.07, 6.45) is 5.58. The van der Waals surface area contributed by atoms with Crippen molar-refractivity contribution < 1.29 is 19.1 Å². The van der Waals surface area contributed by atoms with Gasteiger partial charge in [-0.1, -0.05) is 32.9 Å². The third-order valence-corrected chi connectivity index (χ3v) is 8.35. The number of rotatable bonds is 4. The van der Waals surface area contributed by atoms with Crippen molar-refractivity contribution in [3.8, 4) is 0 Å². The number of fused-ring (bicyclic) bond motifs is 3. The van der Waals surface area contributed by atoms with Crippen LogP contribution in [0.15, 0.2) is 24.5 Å². The molecule has 4 nitrogen and oxygen atoms in total. The van der Waals surface area contributed by atoms with Crippen LogP contribution < -0.4 is 0 Å². The van der Waals surface area contributed by atoms with E-state index in [1.807, 2.05) is 6.92 Å². The van der Waals surface area contributed by atoms with Crippen LogP contribution in [0.3, 0.4) is 0 Å². The third kappa shape index (κ3) is 2.31. The number of hydrogen-bond donors (Lipinski definition) is 0. The first-order valence-corrected chi connectivity index (χ1v) is 10.4. The molecular weight excluding hydrogens is 340 g/mol. The number of carbonyl (C=O) groups excluding carboxylic acids is 2. The zero-order valence-corrected chi connectivity index (χ0v) is 16.9. The van der Waals surface area contributed by atoms with Crippen LogP contribution in [-0.2, 0) is 19.1 Å². The van der Waals surface area contributed by atoms with Crippen molar-refractivity contribution in [1.82, 2.24) is 0 Å². The normalized spacial score (nSPS) is 44.5. The molecule has 0 aromatic heterocycles. The molecule has 5 fully saturated rings. The summed E-state index contributed by atoms with van der Waals surface area (Å²) in [7, 11) is 1.68. The van der Waals surface area contributed by atoms with Gasteiger partial charge < -0.3 is 9.47 Å². The predicted octanol–water partition coefficient (Wildman–Crippen LogP) is 4.45. The van der Waals surface area contributed by atoms with Gasteiger partial charge in [-0.2, -0.15) is 0 Å². The van der Waals surface area contributed by atoms with Crippen LogP contribution >= 0.6 is 0 Å². The lowest BCUT2D eigenvalue weighted by molar-refractivity contribution is -0.261. The van der Waals surface area contributed by atoms with Gasteiger partial charge >= 0.3 is 0 Å². The van der Waals surface area contributed by atoms with E-state index >= 15 is 0 Å². The fourth-order valence-electron chi connectivity index (χ4n) is 7.25. The average Bonchev–Trinajstić information content (AvgIpc) is 2.64. The first kappa shape index (κ1) is 18.9. The van der Waals surface area contributed by atoms with E-state index in [0.29, 0.717) is 30.1 Å². The molecule has 5 aliphatic rings. The molecule has 5 saturated carbocycles. The lowest BCUT2D eigenvalue weighted by Gasteiger charge is -2.65. The van der Waals surface area contributed by atoms with Crippen LogP contribution in [0.5, 0.6) is 0 Å². The van der Waals surface area contributed by atoms with E-state index in [1.165, 1.54) is 0 Å². The number of carbonyl (C=O) groups is 2. The Kier molecular flexibility index (Phi) is 4.41. The topological polar surface area (TPSA) is 52.6 Å². The lowest BCUT2D eigenvalue weighted by Crippen LogP contribution is -2.69. The Morgan fingerprint density at radius 1 is 1.26 bits per heavy atom. The van der Waals surface area contributed by atoms with Crippen molar-refractivity contribution in [2.45, 2.75) is 65.1 Å².